The van der Waals surface area contributed by atoms with Gasteiger partial charge in [-0.3, -0.25) is 0 Å². The number of hydrogen-bond acceptors (Lipinski definition) is 4. The SMILES string of the molecule is CC(O)C1CCC(c2ccc(C3CCC(OC(=O)c4ccc(C5CO5)cc4F)CC3)c(F)c2F)CC1. The summed E-state index contributed by atoms with van der Waals surface area (Å²) < 4.78 is 55.3. The Balaban J connectivity index is 1.17. The monoisotopic (exact) mass is 502 g/mol. The van der Waals surface area contributed by atoms with E-state index in [1.807, 2.05) is 0 Å². The largest absolute Gasteiger partial charge is 0.459 e. The van der Waals surface area contributed by atoms with Crippen LogP contribution < -0.4 is 0 Å². The number of ether oxygens (including phenoxy) is 2. The van der Waals surface area contributed by atoms with Gasteiger partial charge in [-0.05, 0) is 105 Å². The van der Waals surface area contributed by atoms with Gasteiger partial charge >= 0.3 is 5.97 Å². The minimum atomic E-state index is -0.771. The molecule has 0 radical (unpaired) electrons. The maximum atomic E-state index is 15.1. The third-order valence-corrected chi connectivity index (χ3v) is 8.34. The average Bonchev–Trinajstić information content (AvgIpc) is 3.72. The Morgan fingerprint density at radius 1 is 0.917 bits per heavy atom. The van der Waals surface area contributed by atoms with Crippen LogP contribution in [-0.2, 0) is 9.47 Å². The molecule has 2 unspecified atom stereocenters. The first-order valence-corrected chi connectivity index (χ1v) is 13.1. The molecule has 0 aromatic heterocycles. The molecule has 7 heteroatoms. The van der Waals surface area contributed by atoms with E-state index < -0.39 is 23.4 Å². The molecule has 4 nitrogen and oxygen atoms in total. The van der Waals surface area contributed by atoms with Crippen molar-refractivity contribution in [2.24, 2.45) is 5.92 Å². The van der Waals surface area contributed by atoms with Gasteiger partial charge in [-0.15, -0.1) is 0 Å². The molecule has 2 aliphatic carbocycles. The van der Waals surface area contributed by atoms with E-state index in [2.05, 4.69) is 0 Å². The van der Waals surface area contributed by atoms with Crippen LogP contribution in [0.2, 0.25) is 0 Å². The Hall–Kier alpha value is -2.38. The molecule has 0 spiro atoms. The van der Waals surface area contributed by atoms with Gasteiger partial charge in [0.05, 0.1) is 18.3 Å². The zero-order valence-electron chi connectivity index (χ0n) is 20.5. The number of halogens is 3. The van der Waals surface area contributed by atoms with Crippen molar-refractivity contribution < 1.29 is 32.5 Å². The Morgan fingerprint density at radius 2 is 1.47 bits per heavy atom. The molecule has 1 heterocycles. The van der Waals surface area contributed by atoms with Crippen LogP contribution in [0.5, 0.6) is 0 Å². The second kappa shape index (κ2) is 10.5. The summed E-state index contributed by atoms with van der Waals surface area (Å²) in [5, 5.41) is 9.80. The van der Waals surface area contributed by atoms with E-state index in [-0.39, 0.29) is 41.6 Å². The topological polar surface area (TPSA) is 59.1 Å². The van der Waals surface area contributed by atoms with Gasteiger partial charge in [0.1, 0.15) is 18.0 Å². The molecule has 3 aliphatic rings. The highest BCUT2D eigenvalue weighted by molar-refractivity contribution is 5.89. The van der Waals surface area contributed by atoms with Crippen molar-refractivity contribution in [3.05, 3.63) is 70.0 Å². The molecular formula is C29H33F3O4. The molecule has 1 saturated heterocycles. The summed E-state index contributed by atoms with van der Waals surface area (Å²) >= 11 is 0. The predicted octanol–water partition coefficient (Wildman–Crippen LogP) is 6.71. The number of aliphatic hydroxyl groups excluding tert-OH is 1. The van der Waals surface area contributed by atoms with Crippen molar-refractivity contribution in [1.29, 1.82) is 0 Å². The normalized spacial score (nSPS) is 29.0. The number of benzene rings is 2. The maximum absolute atomic E-state index is 15.1. The summed E-state index contributed by atoms with van der Waals surface area (Å²) in [6.45, 7) is 2.35. The Bertz CT molecular complexity index is 1100. The average molecular weight is 503 g/mol. The highest BCUT2D eigenvalue weighted by Gasteiger charge is 2.32. The highest BCUT2D eigenvalue weighted by atomic mass is 19.2. The molecule has 2 aromatic carbocycles. The Kier molecular flexibility index (Phi) is 7.40. The molecule has 2 aromatic rings. The van der Waals surface area contributed by atoms with E-state index in [1.165, 1.54) is 12.1 Å². The van der Waals surface area contributed by atoms with Gasteiger partial charge in [0.15, 0.2) is 11.6 Å². The van der Waals surface area contributed by atoms with E-state index >= 15 is 8.78 Å². The minimum absolute atomic E-state index is 0.0232. The van der Waals surface area contributed by atoms with E-state index in [1.54, 1.807) is 25.1 Å². The van der Waals surface area contributed by atoms with Gasteiger partial charge in [0.2, 0.25) is 0 Å². The van der Waals surface area contributed by atoms with Gasteiger partial charge in [-0.1, -0.05) is 18.2 Å². The molecule has 0 bridgehead atoms. The number of carbonyl (C=O) groups is 1. The third kappa shape index (κ3) is 5.32. The van der Waals surface area contributed by atoms with E-state index in [0.29, 0.717) is 49.0 Å². The maximum Gasteiger partial charge on any atom is 0.341 e. The van der Waals surface area contributed by atoms with Crippen LogP contribution in [0.25, 0.3) is 0 Å². The number of aliphatic hydroxyl groups is 1. The summed E-state index contributed by atoms with van der Waals surface area (Å²) in [6.07, 6.45) is 4.44. The smallest absolute Gasteiger partial charge is 0.341 e. The molecule has 2 atom stereocenters. The van der Waals surface area contributed by atoms with Crippen LogP contribution in [0.1, 0.15) is 103 Å². The van der Waals surface area contributed by atoms with Crippen LogP contribution in [0.3, 0.4) is 0 Å². The van der Waals surface area contributed by atoms with Gasteiger partial charge in [-0.25, -0.2) is 18.0 Å². The second-order valence-electron chi connectivity index (χ2n) is 10.7. The number of rotatable bonds is 6. The molecule has 194 valence electrons. The summed E-state index contributed by atoms with van der Waals surface area (Å²) in [7, 11) is 0. The van der Waals surface area contributed by atoms with Crippen LogP contribution >= 0.6 is 0 Å². The summed E-state index contributed by atoms with van der Waals surface area (Å²) in [6, 6.07) is 7.86. The zero-order valence-corrected chi connectivity index (χ0v) is 20.5. The van der Waals surface area contributed by atoms with Crippen molar-refractivity contribution in [3.8, 4) is 0 Å². The lowest BCUT2D eigenvalue weighted by Crippen LogP contribution is -2.25. The number of carbonyl (C=O) groups excluding carboxylic acids is 1. The standard InChI is InChI=1S/C29H33F3O4/c1-16(33)17-2-4-18(5-3-17)22-12-13-23(28(32)27(22)31)19-6-9-21(10-7-19)36-29(34)24-11-8-20(14-25(24)30)26-15-35-26/h8,11-14,16-19,21,26,33H,2-7,9-10,15H2,1H3. The van der Waals surface area contributed by atoms with E-state index in [9.17, 15) is 14.3 Å². The fourth-order valence-electron chi connectivity index (χ4n) is 5.97. The number of epoxide rings is 1. The fraction of sp³-hybridized carbons (Fsp3) is 0.552. The first-order chi connectivity index (χ1) is 17.3. The number of esters is 1. The van der Waals surface area contributed by atoms with Gasteiger partial charge in [-0.2, -0.15) is 0 Å². The Labute approximate surface area is 209 Å². The lowest BCUT2D eigenvalue weighted by molar-refractivity contribution is 0.0189. The summed E-state index contributed by atoms with van der Waals surface area (Å²) in [5.74, 6) is -2.80. The molecule has 0 amide bonds. The van der Waals surface area contributed by atoms with Crippen molar-refractivity contribution >= 4 is 5.97 Å². The first kappa shape index (κ1) is 25.3. The molecule has 3 fully saturated rings. The molecule has 2 saturated carbocycles. The van der Waals surface area contributed by atoms with Crippen LogP contribution in [-0.4, -0.2) is 29.9 Å². The molecule has 5 rings (SSSR count). The van der Waals surface area contributed by atoms with E-state index in [4.69, 9.17) is 9.47 Å². The van der Waals surface area contributed by atoms with Crippen molar-refractivity contribution in [2.75, 3.05) is 6.61 Å². The summed E-state index contributed by atoms with van der Waals surface area (Å²) in [4.78, 5) is 12.5. The highest BCUT2D eigenvalue weighted by Crippen LogP contribution is 2.41. The molecule has 1 aliphatic heterocycles. The third-order valence-electron chi connectivity index (χ3n) is 8.34. The van der Waals surface area contributed by atoms with Crippen molar-refractivity contribution in [1.82, 2.24) is 0 Å². The Morgan fingerprint density at radius 3 is 1.97 bits per heavy atom. The van der Waals surface area contributed by atoms with Crippen molar-refractivity contribution in [3.63, 3.8) is 0 Å². The van der Waals surface area contributed by atoms with E-state index in [0.717, 1.165) is 25.7 Å². The molecular weight excluding hydrogens is 469 g/mol. The predicted molar refractivity (Wildman–Crippen MR) is 128 cm³/mol. The minimum Gasteiger partial charge on any atom is -0.459 e. The van der Waals surface area contributed by atoms with Gasteiger partial charge in [0.25, 0.3) is 0 Å². The zero-order chi connectivity index (χ0) is 25.4. The summed E-state index contributed by atoms with van der Waals surface area (Å²) in [5.41, 5.74) is 1.41. The fourth-order valence-corrected chi connectivity index (χ4v) is 5.97. The van der Waals surface area contributed by atoms with Gasteiger partial charge < -0.3 is 14.6 Å². The first-order valence-electron chi connectivity index (χ1n) is 13.1. The van der Waals surface area contributed by atoms with Crippen LogP contribution in [0.15, 0.2) is 30.3 Å². The van der Waals surface area contributed by atoms with Crippen LogP contribution in [0, 0.1) is 23.4 Å². The lowest BCUT2D eigenvalue weighted by Gasteiger charge is -2.31. The number of hydrogen-bond donors (Lipinski definition) is 1. The lowest BCUT2D eigenvalue weighted by atomic mass is 9.76. The van der Waals surface area contributed by atoms with Crippen LogP contribution in [0.4, 0.5) is 13.2 Å². The quantitative estimate of drug-likeness (QED) is 0.352. The van der Waals surface area contributed by atoms with Crippen molar-refractivity contribution in [2.45, 2.75) is 88.4 Å². The second-order valence-corrected chi connectivity index (χ2v) is 10.7. The molecule has 36 heavy (non-hydrogen) atoms. The van der Waals surface area contributed by atoms with Gasteiger partial charge in [0, 0.05) is 0 Å². The molecule has 1 N–H and O–H groups in total.